The van der Waals surface area contributed by atoms with Crippen molar-refractivity contribution in [2.24, 2.45) is 0 Å². The molecular formula is C18H19NO5. The minimum atomic E-state index is -0.691. The van der Waals surface area contributed by atoms with Crippen LogP contribution in [0.1, 0.15) is 15.9 Å². The number of benzene rings is 2. The molecule has 0 radical (unpaired) electrons. The Morgan fingerprint density at radius 3 is 2.21 bits per heavy atom. The summed E-state index contributed by atoms with van der Waals surface area (Å²) in [5.41, 5.74) is 1.81. The number of carbonyl (C=O) groups is 2. The average molecular weight is 329 g/mol. The lowest BCUT2D eigenvalue weighted by Gasteiger charge is -2.12. The lowest BCUT2D eigenvalue weighted by Crippen LogP contribution is -2.21. The molecule has 2 aromatic carbocycles. The molecule has 24 heavy (non-hydrogen) atoms. The molecule has 0 saturated heterocycles. The molecule has 0 fully saturated rings. The lowest BCUT2D eigenvalue weighted by molar-refractivity contribution is -0.119. The van der Waals surface area contributed by atoms with E-state index in [1.807, 2.05) is 25.1 Å². The van der Waals surface area contributed by atoms with Gasteiger partial charge in [0.05, 0.1) is 14.2 Å². The van der Waals surface area contributed by atoms with Crippen molar-refractivity contribution in [1.29, 1.82) is 0 Å². The average Bonchev–Trinajstić information content (AvgIpc) is 2.58. The molecule has 2 rings (SSSR count). The Morgan fingerprint density at radius 2 is 1.62 bits per heavy atom. The van der Waals surface area contributed by atoms with E-state index in [9.17, 15) is 9.59 Å². The van der Waals surface area contributed by atoms with Crippen LogP contribution in [0.15, 0.2) is 42.5 Å². The van der Waals surface area contributed by atoms with Crippen LogP contribution in [0.5, 0.6) is 11.5 Å². The van der Waals surface area contributed by atoms with E-state index in [0.29, 0.717) is 17.2 Å². The van der Waals surface area contributed by atoms with Gasteiger partial charge in [-0.05, 0) is 36.8 Å². The first-order valence-electron chi connectivity index (χ1n) is 7.29. The van der Waals surface area contributed by atoms with Gasteiger partial charge in [-0.2, -0.15) is 0 Å². The maximum absolute atomic E-state index is 12.3. The summed E-state index contributed by atoms with van der Waals surface area (Å²) in [6.07, 6.45) is 0. The smallest absolute Gasteiger partial charge is 0.346 e. The summed E-state index contributed by atoms with van der Waals surface area (Å²) in [4.78, 5) is 24.2. The molecular weight excluding hydrogens is 310 g/mol. The van der Waals surface area contributed by atoms with Gasteiger partial charge in [0.15, 0.2) is 6.61 Å². The monoisotopic (exact) mass is 329 g/mol. The van der Waals surface area contributed by atoms with Gasteiger partial charge in [-0.15, -0.1) is 0 Å². The predicted octanol–water partition coefficient (Wildman–Crippen LogP) is 2.81. The molecule has 1 N–H and O–H groups in total. The number of carbonyl (C=O) groups excluding carboxylic acids is 2. The summed E-state index contributed by atoms with van der Waals surface area (Å²) in [5, 5.41) is 2.67. The van der Waals surface area contributed by atoms with Crippen LogP contribution in [-0.4, -0.2) is 32.7 Å². The quantitative estimate of drug-likeness (QED) is 0.825. The van der Waals surface area contributed by atoms with Crippen molar-refractivity contribution < 1.29 is 23.8 Å². The predicted molar refractivity (Wildman–Crippen MR) is 89.6 cm³/mol. The van der Waals surface area contributed by atoms with Gasteiger partial charge in [0.1, 0.15) is 17.1 Å². The first kappa shape index (κ1) is 17.3. The molecule has 1 amide bonds. The number of anilines is 1. The highest BCUT2D eigenvalue weighted by Gasteiger charge is 2.20. The minimum absolute atomic E-state index is 0.144. The van der Waals surface area contributed by atoms with Crippen molar-refractivity contribution in [3.05, 3.63) is 53.6 Å². The van der Waals surface area contributed by atoms with Crippen molar-refractivity contribution in [2.75, 3.05) is 26.1 Å². The van der Waals surface area contributed by atoms with Crippen LogP contribution in [0.3, 0.4) is 0 Å². The van der Waals surface area contributed by atoms with Crippen LogP contribution in [0.25, 0.3) is 0 Å². The summed E-state index contributed by atoms with van der Waals surface area (Å²) in [6, 6.07) is 12.3. The van der Waals surface area contributed by atoms with E-state index in [0.717, 1.165) is 5.56 Å². The molecule has 6 heteroatoms. The van der Waals surface area contributed by atoms with Gasteiger partial charge in [-0.1, -0.05) is 18.2 Å². The van der Waals surface area contributed by atoms with Gasteiger partial charge in [0, 0.05) is 5.69 Å². The van der Waals surface area contributed by atoms with Crippen molar-refractivity contribution in [3.8, 4) is 11.5 Å². The largest absolute Gasteiger partial charge is 0.496 e. The summed E-state index contributed by atoms with van der Waals surface area (Å²) in [7, 11) is 2.88. The summed E-state index contributed by atoms with van der Waals surface area (Å²) in [6.45, 7) is 1.51. The molecule has 0 heterocycles. The number of aryl methyl sites for hydroxylation is 1. The maximum Gasteiger partial charge on any atom is 0.346 e. The van der Waals surface area contributed by atoms with Crippen LogP contribution < -0.4 is 14.8 Å². The highest BCUT2D eigenvalue weighted by atomic mass is 16.5. The number of hydrogen-bond acceptors (Lipinski definition) is 5. The van der Waals surface area contributed by atoms with Crippen molar-refractivity contribution in [2.45, 2.75) is 6.92 Å². The van der Waals surface area contributed by atoms with Crippen molar-refractivity contribution >= 4 is 17.6 Å². The molecule has 0 aromatic heterocycles. The summed E-state index contributed by atoms with van der Waals surface area (Å²) < 4.78 is 15.4. The van der Waals surface area contributed by atoms with Crippen molar-refractivity contribution in [3.63, 3.8) is 0 Å². The molecule has 0 aliphatic heterocycles. The lowest BCUT2D eigenvalue weighted by atomic mass is 10.2. The third-order valence-electron chi connectivity index (χ3n) is 3.27. The van der Waals surface area contributed by atoms with Crippen LogP contribution in [0.4, 0.5) is 5.69 Å². The van der Waals surface area contributed by atoms with Crippen molar-refractivity contribution in [1.82, 2.24) is 0 Å². The topological polar surface area (TPSA) is 73.9 Å². The molecule has 0 atom stereocenters. The number of ether oxygens (including phenoxy) is 3. The molecule has 0 bridgehead atoms. The molecule has 0 saturated carbocycles. The maximum atomic E-state index is 12.3. The Balaban J connectivity index is 2.02. The fourth-order valence-corrected chi connectivity index (χ4v) is 2.18. The molecule has 6 nitrogen and oxygen atoms in total. The standard InChI is InChI=1S/C18H19NO5/c1-12-6-4-7-13(10-12)19-16(20)11-24-18(21)17-14(22-2)8-5-9-15(17)23-3/h4-10H,11H2,1-3H3,(H,19,20). The zero-order valence-corrected chi connectivity index (χ0v) is 13.8. The van der Waals surface area contributed by atoms with Gasteiger partial charge in [-0.3, -0.25) is 4.79 Å². The van der Waals surface area contributed by atoms with Gasteiger partial charge >= 0.3 is 5.97 Å². The zero-order valence-electron chi connectivity index (χ0n) is 13.8. The SMILES string of the molecule is COc1cccc(OC)c1C(=O)OCC(=O)Nc1cccc(C)c1. The highest BCUT2D eigenvalue weighted by Crippen LogP contribution is 2.28. The number of esters is 1. The fraction of sp³-hybridized carbons (Fsp3) is 0.222. The molecule has 0 aliphatic rings. The first-order valence-corrected chi connectivity index (χ1v) is 7.29. The van der Waals surface area contributed by atoms with Crippen LogP contribution in [-0.2, 0) is 9.53 Å². The molecule has 2 aromatic rings. The summed E-state index contributed by atoms with van der Waals surface area (Å²) in [5.74, 6) is -0.483. The van der Waals surface area contributed by atoms with Crippen LogP contribution >= 0.6 is 0 Å². The second-order valence-corrected chi connectivity index (χ2v) is 5.03. The van der Waals surface area contributed by atoms with Gasteiger partial charge in [0.25, 0.3) is 5.91 Å². The van der Waals surface area contributed by atoms with Gasteiger partial charge in [-0.25, -0.2) is 4.79 Å². The number of nitrogens with one attached hydrogen (secondary N) is 1. The van der Waals surface area contributed by atoms with E-state index in [4.69, 9.17) is 14.2 Å². The third-order valence-corrected chi connectivity index (χ3v) is 3.27. The molecule has 126 valence electrons. The van der Waals surface area contributed by atoms with Crippen LogP contribution in [0, 0.1) is 6.92 Å². The highest BCUT2D eigenvalue weighted by molar-refractivity contribution is 5.98. The van der Waals surface area contributed by atoms with E-state index in [1.54, 1.807) is 24.3 Å². The Kier molecular flexibility index (Phi) is 5.78. The second-order valence-electron chi connectivity index (χ2n) is 5.03. The van der Waals surface area contributed by atoms with Crippen LogP contribution in [0.2, 0.25) is 0 Å². The Morgan fingerprint density at radius 1 is 1.00 bits per heavy atom. The van der Waals surface area contributed by atoms with E-state index < -0.39 is 18.5 Å². The number of amides is 1. The molecule has 0 aliphatic carbocycles. The number of hydrogen-bond donors (Lipinski definition) is 1. The normalized spacial score (nSPS) is 9.96. The van der Waals surface area contributed by atoms with E-state index in [-0.39, 0.29) is 5.56 Å². The van der Waals surface area contributed by atoms with E-state index in [2.05, 4.69) is 5.32 Å². The Bertz CT molecular complexity index is 720. The van der Waals surface area contributed by atoms with Gasteiger partial charge < -0.3 is 19.5 Å². The molecule has 0 spiro atoms. The molecule has 0 unspecified atom stereocenters. The van der Waals surface area contributed by atoms with Gasteiger partial charge in [0.2, 0.25) is 0 Å². The fourth-order valence-electron chi connectivity index (χ4n) is 2.18. The minimum Gasteiger partial charge on any atom is -0.496 e. The number of rotatable bonds is 6. The third kappa shape index (κ3) is 4.25. The van der Waals surface area contributed by atoms with E-state index >= 15 is 0 Å². The number of methoxy groups -OCH3 is 2. The summed E-state index contributed by atoms with van der Waals surface area (Å²) >= 11 is 0. The first-order chi connectivity index (χ1) is 11.5. The van der Waals surface area contributed by atoms with E-state index in [1.165, 1.54) is 14.2 Å². The Labute approximate surface area is 140 Å². The Hall–Kier alpha value is -3.02. The second kappa shape index (κ2) is 8.01. The zero-order chi connectivity index (χ0) is 17.5.